The van der Waals surface area contributed by atoms with E-state index in [1.165, 1.54) is 32.1 Å². The van der Waals surface area contributed by atoms with Gasteiger partial charge in [0.2, 0.25) is 0 Å². The molecule has 1 heterocycles. The number of ether oxygens (including phenoxy) is 2. The Morgan fingerprint density at radius 3 is 2.81 bits per heavy atom. The van der Waals surface area contributed by atoms with Gasteiger partial charge in [0, 0.05) is 26.2 Å². The van der Waals surface area contributed by atoms with Crippen LogP contribution in [0.5, 0.6) is 0 Å². The summed E-state index contributed by atoms with van der Waals surface area (Å²) < 4.78 is 11.0. The van der Waals surface area contributed by atoms with Crippen molar-refractivity contribution in [3.8, 4) is 6.07 Å². The van der Waals surface area contributed by atoms with Gasteiger partial charge in [-0.15, -0.1) is 0 Å². The third-order valence-electron chi connectivity index (χ3n) is 2.92. The van der Waals surface area contributed by atoms with Crippen LogP contribution < -0.4 is 0 Å². The van der Waals surface area contributed by atoms with Crippen LogP contribution in [0.1, 0.15) is 51.4 Å². The minimum absolute atomic E-state index is 0.538. The number of unbranched alkanes of at least 4 members (excludes halogenated alkanes) is 3. The Morgan fingerprint density at radius 2 is 2.06 bits per heavy atom. The first-order valence-corrected chi connectivity index (χ1v) is 6.50. The van der Waals surface area contributed by atoms with E-state index in [1.807, 2.05) is 0 Å². The van der Waals surface area contributed by atoms with Gasteiger partial charge in [0.1, 0.15) is 0 Å². The van der Waals surface area contributed by atoms with Gasteiger partial charge in [0.05, 0.1) is 12.2 Å². The van der Waals surface area contributed by atoms with E-state index in [4.69, 9.17) is 14.7 Å². The second kappa shape index (κ2) is 9.62. The molecule has 0 spiro atoms. The number of nitrogens with zero attached hydrogens (tertiary/aromatic N) is 1. The second-order valence-corrected chi connectivity index (χ2v) is 4.36. The van der Waals surface area contributed by atoms with Gasteiger partial charge >= 0.3 is 0 Å². The van der Waals surface area contributed by atoms with Gasteiger partial charge in [-0.25, -0.2) is 0 Å². The molecule has 16 heavy (non-hydrogen) atoms. The fraction of sp³-hybridized carbons (Fsp3) is 0.923. The van der Waals surface area contributed by atoms with Gasteiger partial charge in [-0.2, -0.15) is 5.26 Å². The maximum atomic E-state index is 8.33. The predicted molar refractivity (Wildman–Crippen MR) is 63.1 cm³/mol. The molecular weight excluding hydrogens is 202 g/mol. The third-order valence-corrected chi connectivity index (χ3v) is 2.92. The first-order valence-electron chi connectivity index (χ1n) is 6.50. The molecule has 1 fully saturated rings. The molecule has 0 amide bonds. The van der Waals surface area contributed by atoms with Gasteiger partial charge in [-0.05, 0) is 32.1 Å². The summed E-state index contributed by atoms with van der Waals surface area (Å²) >= 11 is 0. The minimum Gasteiger partial charge on any atom is -0.381 e. The van der Waals surface area contributed by atoms with Crippen LogP contribution in [0, 0.1) is 11.3 Å². The zero-order valence-corrected chi connectivity index (χ0v) is 10.1. The van der Waals surface area contributed by atoms with Crippen molar-refractivity contribution in [2.75, 3.05) is 19.8 Å². The van der Waals surface area contributed by atoms with Crippen molar-refractivity contribution in [3.63, 3.8) is 0 Å². The molecule has 92 valence electrons. The average Bonchev–Trinajstić information content (AvgIpc) is 2.80. The van der Waals surface area contributed by atoms with Crippen LogP contribution >= 0.6 is 0 Å². The zero-order valence-electron chi connectivity index (χ0n) is 10.1. The van der Waals surface area contributed by atoms with E-state index in [9.17, 15) is 0 Å². The molecule has 0 aromatic heterocycles. The van der Waals surface area contributed by atoms with Crippen molar-refractivity contribution in [3.05, 3.63) is 0 Å². The molecule has 1 aliphatic heterocycles. The first-order chi connectivity index (χ1) is 7.93. The van der Waals surface area contributed by atoms with Crippen molar-refractivity contribution in [1.82, 2.24) is 0 Å². The Hall–Kier alpha value is -0.590. The highest BCUT2D eigenvalue weighted by Gasteiger charge is 2.14. The van der Waals surface area contributed by atoms with Crippen molar-refractivity contribution >= 4 is 0 Å². The maximum Gasteiger partial charge on any atom is 0.0622 e. The summed E-state index contributed by atoms with van der Waals surface area (Å²) in [6, 6.07) is 2.12. The molecule has 0 aromatic rings. The number of hydrogen-bond donors (Lipinski definition) is 0. The maximum absolute atomic E-state index is 8.33. The van der Waals surface area contributed by atoms with E-state index in [-0.39, 0.29) is 0 Å². The molecule has 0 bridgehead atoms. The summed E-state index contributed by atoms with van der Waals surface area (Å²) in [6.07, 6.45) is 9.36. The Balaban J connectivity index is 1.73. The molecule has 1 atom stereocenters. The molecule has 1 unspecified atom stereocenters. The average molecular weight is 225 g/mol. The molecule has 1 aliphatic rings. The molecule has 0 radical (unpaired) electrons. The van der Waals surface area contributed by atoms with Crippen LogP contribution in [0.2, 0.25) is 0 Å². The monoisotopic (exact) mass is 225 g/mol. The van der Waals surface area contributed by atoms with Crippen LogP contribution in [-0.4, -0.2) is 25.9 Å². The van der Waals surface area contributed by atoms with E-state index in [1.54, 1.807) is 0 Å². The van der Waals surface area contributed by atoms with Crippen molar-refractivity contribution in [1.29, 1.82) is 5.26 Å². The normalized spacial score (nSPS) is 19.8. The topological polar surface area (TPSA) is 42.2 Å². The van der Waals surface area contributed by atoms with Crippen molar-refractivity contribution in [2.45, 2.75) is 57.5 Å². The minimum atomic E-state index is 0.538. The fourth-order valence-electron chi connectivity index (χ4n) is 1.98. The van der Waals surface area contributed by atoms with E-state index >= 15 is 0 Å². The lowest BCUT2D eigenvalue weighted by molar-refractivity contribution is 0.0987. The SMILES string of the molecule is N#CCCCOCCCCCC1CCCO1. The Kier molecular flexibility index (Phi) is 8.10. The van der Waals surface area contributed by atoms with E-state index < -0.39 is 0 Å². The van der Waals surface area contributed by atoms with Gasteiger partial charge in [0.25, 0.3) is 0 Å². The largest absolute Gasteiger partial charge is 0.381 e. The highest BCUT2D eigenvalue weighted by molar-refractivity contribution is 4.67. The summed E-state index contributed by atoms with van der Waals surface area (Å²) in [5.41, 5.74) is 0. The van der Waals surface area contributed by atoms with Crippen molar-refractivity contribution in [2.24, 2.45) is 0 Å². The van der Waals surface area contributed by atoms with Crippen LogP contribution in [0.15, 0.2) is 0 Å². The number of rotatable bonds is 9. The van der Waals surface area contributed by atoms with Crippen LogP contribution in [0.25, 0.3) is 0 Å². The fourth-order valence-corrected chi connectivity index (χ4v) is 1.98. The lowest BCUT2D eigenvalue weighted by Gasteiger charge is -2.08. The number of hydrogen-bond acceptors (Lipinski definition) is 3. The van der Waals surface area contributed by atoms with Gasteiger partial charge in [-0.1, -0.05) is 12.8 Å². The molecule has 0 N–H and O–H groups in total. The quantitative estimate of drug-likeness (QED) is 0.566. The number of nitriles is 1. The van der Waals surface area contributed by atoms with E-state index in [0.29, 0.717) is 12.5 Å². The highest BCUT2D eigenvalue weighted by atomic mass is 16.5. The van der Waals surface area contributed by atoms with Gasteiger partial charge in [0.15, 0.2) is 0 Å². The van der Waals surface area contributed by atoms with E-state index in [0.717, 1.165) is 32.7 Å². The third kappa shape index (κ3) is 6.81. The molecular formula is C13H23NO2. The Morgan fingerprint density at radius 1 is 1.19 bits per heavy atom. The summed E-state index contributed by atoms with van der Waals surface area (Å²) in [5.74, 6) is 0. The van der Waals surface area contributed by atoms with Gasteiger partial charge < -0.3 is 9.47 Å². The van der Waals surface area contributed by atoms with Crippen LogP contribution in [0.4, 0.5) is 0 Å². The second-order valence-electron chi connectivity index (χ2n) is 4.36. The smallest absolute Gasteiger partial charge is 0.0622 e. The van der Waals surface area contributed by atoms with Gasteiger partial charge in [-0.3, -0.25) is 0 Å². The highest BCUT2D eigenvalue weighted by Crippen LogP contribution is 2.17. The van der Waals surface area contributed by atoms with Crippen molar-refractivity contribution < 1.29 is 9.47 Å². The Bertz CT molecular complexity index is 195. The first kappa shape index (κ1) is 13.5. The lowest BCUT2D eigenvalue weighted by atomic mass is 10.1. The summed E-state index contributed by atoms with van der Waals surface area (Å²) in [5, 5.41) is 8.33. The Labute approximate surface area is 98.7 Å². The standard InChI is InChI=1S/C13H23NO2/c14-9-3-5-11-15-10-4-1-2-7-13-8-6-12-16-13/h13H,1-8,10-12H2. The molecule has 0 aliphatic carbocycles. The molecule has 1 rings (SSSR count). The van der Waals surface area contributed by atoms with E-state index in [2.05, 4.69) is 6.07 Å². The zero-order chi connectivity index (χ0) is 11.5. The lowest BCUT2D eigenvalue weighted by Crippen LogP contribution is -2.04. The molecule has 0 aromatic carbocycles. The summed E-state index contributed by atoms with van der Waals surface area (Å²) in [7, 11) is 0. The summed E-state index contributed by atoms with van der Waals surface area (Å²) in [6.45, 7) is 2.54. The predicted octanol–water partition coefficient (Wildman–Crippen LogP) is 3.05. The van der Waals surface area contributed by atoms with Crippen LogP contribution in [-0.2, 0) is 9.47 Å². The van der Waals surface area contributed by atoms with Crippen LogP contribution in [0.3, 0.4) is 0 Å². The molecule has 3 heteroatoms. The summed E-state index contributed by atoms with van der Waals surface area (Å²) in [4.78, 5) is 0. The molecule has 0 saturated carbocycles. The molecule has 3 nitrogen and oxygen atoms in total. The molecule has 1 saturated heterocycles.